The molecule has 1 fully saturated rings. The molecule has 0 aromatic heterocycles. The molecule has 0 radical (unpaired) electrons. The van der Waals surface area contributed by atoms with Crippen LogP contribution in [0.15, 0.2) is 18.2 Å². The predicted octanol–water partition coefficient (Wildman–Crippen LogP) is 2.92. The van der Waals surface area contributed by atoms with E-state index in [1.165, 1.54) is 0 Å². The molecule has 5 nitrogen and oxygen atoms in total. The standard InChI is InChI=1S/C19H25ClN2O3/c1-14(2)13-21-5-7-22(8-6-21)18(23)4-3-15-11-16(20)19-17(12-15)24-9-10-25-19/h3-4,11-12,14H,5-10,13H2,1-2H3/b4-3+. The summed E-state index contributed by atoms with van der Waals surface area (Å²) in [6.45, 7) is 9.97. The highest BCUT2D eigenvalue weighted by atomic mass is 35.5. The first-order valence-electron chi connectivity index (χ1n) is 8.81. The number of carbonyl (C=O) groups excluding carboxylic acids is 1. The van der Waals surface area contributed by atoms with E-state index in [0.717, 1.165) is 38.3 Å². The van der Waals surface area contributed by atoms with Gasteiger partial charge in [0.2, 0.25) is 5.91 Å². The van der Waals surface area contributed by atoms with Gasteiger partial charge in [-0.3, -0.25) is 9.69 Å². The minimum Gasteiger partial charge on any atom is -0.486 e. The third-order valence-electron chi connectivity index (χ3n) is 4.34. The lowest BCUT2D eigenvalue weighted by Crippen LogP contribution is -2.49. The summed E-state index contributed by atoms with van der Waals surface area (Å²) in [7, 11) is 0. The number of carbonyl (C=O) groups is 1. The van der Waals surface area contributed by atoms with Gasteiger partial charge in [-0.2, -0.15) is 0 Å². The molecule has 3 rings (SSSR count). The van der Waals surface area contributed by atoms with Gasteiger partial charge in [-0.05, 0) is 29.7 Å². The van der Waals surface area contributed by atoms with Crippen LogP contribution >= 0.6 is 11.6 Å². The highest BCUT2D eigenvalue weighted by molar-refractivity contribution is 6.32. The van der Waals surface area contributed by atoms with Crippen LogP contribution in [-0.2, 0) is 4.79 Å². The lowest BCUT2D eigenvalue weighted by molar-refractivity contribution is -0.127. The van der Waals surface area contributed by atoms with Crippen LogP contribution in [0.2, 0.25) is 5.02 Å². The van der Waals surface area contributed by atoms with Crippen molar-refractivity contribution in [1.29, 1.82) is 0 Å². The van der Waals surface area contributed by atoms with Gasteiger partial charge in [0, 0.05) is 38.8 Å². The summed E-state index contributed by atoms with van der Waals surface area (Å²) < 4.78 is 11.1. The number of nitrogens with zero attached hydrogens (tertiary/aromatic N) is 2. The summed E-state index contributed by atoms with van der Waals surface area (Å²) in [5, 5.41) is 0.506. The summed E-state index contributed by atoms with van der Waals surface area (Å²) in [5.41, 5.74) is 0.834. The molecule has 1 aromatic rings. The number of fused-ring (bicyclic) bond motifs is 1. The van der Waals surface area contributed by atoms with Gasteiger partial charge in [-0.15, -0.1) is 0 Å². The van der Waals surface area contributed by atoms with Crippen molar-refractivity contribution in [3.05, 3.63) is 28.8 Å². The van der Waals surface area contributed by atoms with Crippen molar-refractivity contribution < 1.29 is 14.3 Å². The second kappa shape index (κ2) is 8.11. The second-order valence-electron chi connectivity index (χ2n) is 6.88. The summed E-state index contributed by atoms with van der Waals surface area (Å²) in [4.78, 5) is 16.7. The highest BCUT2D eigenvalue weighted by Gasteiger charge is 2.20. The van der Waals surface area contributed by atoms with Crippen molar-refractivity contribution >= 4 is 23.6 Å². The number of halogens is 1. The van der Waals surface area contributed by atoms with Gasteiger partial charge in [0.1, 0.15) is 13.2 Å². The fourth-order valence-electron chi connectivity index (χ4n) is 3.17. The molecule has 2 heterocycles. The Labute approximate surface area is 154 Å². The summed E-state index contributed by atoms with van der Waals surface area (Å²) in [5.74, 6) is 1.91. The van der Waals surface area contributed by atoms with Crippen LogP contribution in [0, 0.1) is 5.92 Å². The van der Waals surface area contributed by atoms with Crippen molar-refractivity contribution in [2.24, 2.45) is 5.92 Å². The maximum Gasteiger partial charge on any atom is 0.246 e. The van der Waals surface area contributed by atoms with Crippen LogP contribution in [0.1, 0.15) is 19.4 Å². The Kier molecular flexibility index (Phi) is 5.86. The van der Waals surface area contributed by atoms with Crippen molar-refractivity contribution in [2.45, 2.75) is 13.8 Å². The topological polar surface area (TPSA) is 42.0 Å². The van der Waals surface area contributed by atoms with Crippen molar-refractivity contribution in [2.75, 3.05) is 45.9 Å². The average Bonchev–Trinajstić information content (AvgIpc) is 2.60. The number of amides is 1. The van der Waals surface area contributed by atoms with E-state index in [1.54, 1.807) is 18.2 Å². The zero-order valence-electron chi connectivity index (χ0n) is 14.8. The Morgan fingerprint density at radius 2 is 1.92 bits per heavy atom. The van der Waals surface area contributed by atoms with E-state index in [1.807, 2.05) is 11.0 Å². The first-order valence-corrected chi connectivity index (χ1v) is 9.19. The Bertz CT molecular complexity index is 652. The molecule has 1 aromatic carbocycles. The van der Waals surface area contributed by atoms with Crippen LogP contribution in [0.25, 0.3) is 6.08 Å². The van der Waals surface area contributed by atoms with Gasteiger partial charge in [-0.25, -0.2) is 0 Å². The molecule has 0 atom stereocenters. The monoisotopic (exact) mass is 364 g/mol. The molecule has 25 heavy (non-hydrogen) atoms. The summed E-state index contributed by atoms with van der Waals surface area (Å²) in [6, 6.07) is 3.64. The average molecular weight is 365 g/mol. The molecule has 0 N–H and O–H groups in total. The third kappa shape index (κ3) is 4.67. The zero-order chi connectivity index (χ0) is 17.8. The summed E-state index contributed by atoms with van der Waals surface area (Å²) >= 11 is 6.23. The van der Waals surface area contributed by atoms with E-state index in [2.05, 4.69) is 18.7 Å². The van der Waals surface area contributed by atoms with Crippen LogP contribution in [0.5, 0.6) is 11.5 Å². The molecular weight excluding hydrogens is 340 g/mol. The normalized spacial score (nSPS) is 18.2. The molecule has 1 saturated heterocycles. The van der Waals surface area contributed by atoms with Crippen LogP contribution in [0.3, 0.4) is 0 Å². The van der Waals surface area contributed by atoms with E-state index in [9.17, 15) is 4.79 Å². The van der Waals surface area contributed by atoms with E-state index in [0.29, 0.717) is 35.7 Å². The number of hydrogen-bond donors (Lipinski definition) is 0. The zero-order valence-corrected chi connectivity index (χ0v) is 15.6. The molecule has 2 aliphatic rings. The minimum atomic E-state index is 0.0372. The number of piperazine rings is 1. The van der Waals surface area contributed by atoms with E-state index < -0.39 is 0 Å². The fraction of sp³-hybridized carbons (Fsp3) is 0.526. The smallest absolute Gasteiger partial charge is 0.246 e. The van der Waals surface area contributed by atoms with Crippen molar-refractivity contribution in [1.82, 2.24) is 9.80 Å². The molecule has 0 bridgehead atoms. The molecule has 6 heteroatoms. The Morgan fingerprint density at radius 1 is 1.20 bits per heavy atom. The Balaban J connectivity index is 1.59. The van der Waals surface area contributed by atoms with Crippen molar-refractivity contribution in [3.63, 3.8) is 0 Å². The number of rotatable bonds is 4. The maximum absolute atomic E-state index is 12.4. The maximum atomic E-state index is 12.4. The van der Waals surface area contributed by atoms with Crippen LogP contribution < -0.4 is 9.47 Å². The van der Waals surface area contributed by atoms with Gasteiger partial charge < -0.3 is 14.4 Å². The summed E-state index contributed by atoms with van der Waals surface area (Å²) in [6.07, 6.45) is 3.40. The van der Waals surface area contributed by atoms with Gasteiger partial charge >= 0.3 is 0 Å². The molecule has 0 unspecified atom stereocenters. The Hall–Kier alpha value is -1.72. The molecule has 136 valence electrons. The molecule has 2 aliphatic heterocycles. The highest BCUT2D eigenvalue weighted by Crippen LogP contribution is 2.38. The fourth-order valence-corrected chi connectivity index (χ4v) is 3.44. The van der Waals surface area contributed by atoms with Gasteiger partial charge in [-0.1, -0.05) is 25.4 Å². The lowest BCUT2D eigenvalue weighted by Gasteiger charge is -2.35. The molecular formula is C19H25ClN2O3. The molecule has 1 amide bonds. The Morgan fingerprint density at radius 3 is 2.64 bits per heavy atom. The van der Waals surface area contributed by atoms with Crippen LogP contribution in [0.4, 0.5) is 0 Å². The minimum absolute atomic E-state index is 0.0372. The lowest BCUT2D eigenvalue weighted by atomic mass is 10.1. The SMILES string of the molecule is CC(C)CN1CCN(C(=O)/C=C/c2cc(Cl)c3c(c2)OCCO3)CC1. The van der Waals surface area contributed by atoms with Crippen LogP contribution in [-0.4, -0.2) is 61.6 Å². The number of ether oxygens (including phenoxy) is 2. The van der Waals surface area contributed by atoms with E-state index in [4.69, 9.17) is 21.1 Å². The quantitative estimate of drug-likeness (QED) is 0.770. The van der Waals surface area contributed by atoms with Gasteiger partial charge in [0.05, 0.1) is 5.02 Å². The third-order valence-corrected chi connectivity index (χ3v) is 4.63. The second-order valence-corrected chi connectivity index (χ2v) is 7.29. The van der Waals surface area contributed by atoms with Gasteiger partial charge in [0.15, 0.2) is 11.5 Å². The van der Waals surface area contributed by atoms with Crippen molar-refractivity contribution in [3.8, 4) is 11.5 Å². The molecule has 0 aliphatic carbocycles. The van der Waals surface area contributed by atoms with E-state index in [-0.39, 0.29) is 5.91 Å². The molecule has 0 saturated carbocycles. The van der Waals surface area contributed by atoms with Gasteiger partial charge in [0.25, 0.3) is 0 Å². The predicted molar refractivity (Wildman–Crippen MR) is 99.3 cm³/mol. The first-order chi connectivity index (χ1) is 12.0. The first kappa shape index (κ1) is 18.1. The number of benzene rings is 1. The molecule has 0 spiro atoms. The van der Waals surface area contributed by atoms with E-state index >= 15 is 0 Å². The largest absolute Gasteiger partial charge is 0.486 e. The number of hydrogen-bond acceptors (Lipinski definition) is 4.